The summed E-state index contributed by atoms with van der Waals surface area (Å²) >= 11 is 0. The van der Waals surface area contributed by atoms with Crippen LogP contribution in [0.2, 0.25) is 0 Å². The van der Waals surface area contributed by atoms with Gasteiger partial charge < -0.3 is 15.5 Å². The van der Waals surface area contributed by atoms with E-state index >= 15 is 0 Å². The number of nitrogens with one attached hydrogen (secondary N) is 2. The minimum absolute atomic E-state index is 0.0706. The Morgan fingerprint density at radius 1 is 1.13 bits per heavy atom. The summed E-state index contributed by atoms with van der Waals surface area (Å²) in [5, 5.41) is 5.90. The largest absolute Gasteiger partial charge is 0.338 e. The molecule has 0 unspecified atom stereocenters. The van der Waals surface area contributed by atoms with Crippen molar-refractivity contribution in [2.24, 2.45) is 5.41 Å². The molecule has 0 bridgehead atoms. The van der Waals surface area contributed by atoms with Crippen molar-refractivity contribution < 1.29 is 9.59 Å². The van der Waals surface area contributed by atoms with Gasteiger partial charge in [-0.1, -0.05) is 39.0 Å². The number of hydrogen-bond acceptors (Lipinski definition) is 2. The molecule has 1 aromatic carbocycles. The van der Waals surface area contributed by atoms with E-state index in [9.17, 15) is 9.59 Å². The van der Waals surface area contributed by atoms with Gasteiger partial charge >= 0.3 is 6.03 Å². The maximum Gasteiger partial charge on any atom is 0.315 e. The third-order valence-electron chi connectivity index (χ3n) is 3.92. The van der Waals surface area contributed by atoms with E-state index in [0.717, 1.165) is 18.4 Å². The van der Waals surface area contributed by atoms with Crippen LogP contribution >= 0.6 is 0 Å². The van der Waals surface area contributed by atoms with E-state index < -0.39 is 0 Å². The first-order valence-corrected chi connectivity index (χ1v) is 8.24. The Morgan fingerprint density at radius 2 is 1.74 bits per heavy atom. The van der Waals surface area contributed by atoms with E-state index in [2.05, 4.69) is 31.4 Å². The van der Waals surface area contributed by atoms with Gasteiger partial charge in [-0.05, 0) is 30.4 Å². The topological polar surface area (TPSA) is 61.4 Å². The molecule has 1 aromatic rings. The summed E-state index contributed by atoms with van der Waals surface area (Å²) in [7, 11) is 0. The van der Waals surface area contributed by atoms with E-state index in [1.165, 1.54) is 0 Å². The average molecular weight is 317 g/mol. The van der Waals surface area contributed by atoms with Gasteiger partial charge in [0.15, 0.2) is 0 Å². The van der Waals surface area contributed by atoms with Crippen LogP contribution in [0, 0.1) is 5.41 Å². The zero-order valence-corrected chi connectivity index (χ0v) is 14.3. The normalized spacial score (nSPS) is 16.0. The van der Waals surface area contributed by atoms with E-state index in [4.69, 9.17) is 0 Å². The molecule has 5 nitrogen and oxygen atoms in total. The van der Waals surface area contributed by atoms with Crippen molar-refractivity contribution in [2.45, 2.75) is 39.7 Å². The Hall–Kier alpha value is -2.04. The summed E-state index contributed by atoms with van der Waals surface area (Å²) in [6.45, 7) is 8.25. The van der Waals surface area contributed by atoms with E-state index in [0.29, 0.717) is 19.6 Å². The number of carbonyl (C=O) groups excluding carboxylic acids is 2. The van der Waals surface area contributed by atoms with Crippen LogP contribution in [-0.2, 0) is 0 Å². The number of nitrogens with zero attached hydrogens (tertiary/aromatic N) is 1. The summed E-state index contributed by atoms with van der Waals surface area (Å²) < 4.78 is 0. The fourth-order valence-electron chi connectivity index (χ4n) is 2.57. The number of hydrogen-bond donors (Lipinski definition) is 2. The molecule has 3 amide bonds. The van der Waals surface area contributed by atoms with Gasteiger partial charge in [0.2, 0.25) is 0 Å². The number of benzene rings is 1. The molecule has 126 valence electrons. The minimum Gasteiger partial charge on any atom is -0.338 e. The minimum atomic E-state index is -0.118. The summed E-state index contributed by atoms with van der Waals surface area (Å²) in [5.74, 6) is 0.0706. The van der Waals surface area contributed by atoms with Crippen molar-refractivity contribution in [1.29, 1.82) is 0 Å². The van der Waals surface area contributed by atoms with Gasteiger partial charge in [-0.2, -0.15) is 0 Å². The van der Waals surface area contributed by atoms with Gasteiger partial charge in [0.1, 0.15) is 0 Å². The predicted octanol–water partition coefficient (Wildman–Crippen LogP) is 2.64. The Bertz CT molecular complexity index is 529. The number of likely N-dealkylation sites (tertiary alicyclic amines) is 1. The first-order valence-electron chi connectivity index (χ1n) is 8.24. The first kappa shape index (κ1) is 17.3. The molecule has 1 saturated heterocycles. The lowest BCUT2D eigenvalue weighted by Crippen LogP contribution is -2.50. The van der Waals surface area contributed by atoms with Gasteiger partial charge in [0.25, 0.3) is 5.91 Å². The van der Waals surface area contributed by atoms with Gasteiger partial charge in [0.05, 0.1) is 0 Å². The van der Waals surface area contributed by atoms with E-state index in [-0.39, 0.29) is 23.4 Å². The van der Waals surface area contributed by atoms with Crippen molar-refractivity contribution in [3.05, 3.63) is 35.9 Å². The highest BCUT2D eigenvalue weighted by atomic mass is 16.2. The average Bonchev–Trinajstić information content (AvgIpc) is 2.53. The molecule has 0 aliphatic carbocycles. The fourth-order valence-corrected chi connectivity index (χ4v) is 2.57. The molecule has 0 radical (unpaired) electrons. The van der Waals surface area contributed by atoms with Gasteiger partial charge in [-0.15, -0.1) is 0 Å². The van der Waals surface area contributed by atoms with Gasteiger partial charge in [-0.25, -0.2) is 4.79 Å². The molecule has 0 spiro atoms. The van der Waals surface area contributed by atoms with Crippen molar-refractivity contribution in [2.75, 3.05) is 19.6 Å². The predicted molar refractivity (Wildman–Crippen MR) is 91.4 cm³/mol. The van der Waals surface area contributed by atoms with Crippen molar-refractivity contribution in [3.8, 4) is 0 Å². The Labute approximate surface area is 138 Å². The molecule has 0 saturated carbocycles. The SMILES string of the molecule is CC(C)(C)CNC(=O)NC1CCN(C(=O)c2ccccc2)CC1. The second kappa shape index (κ2) is 7.49. The second-order valence-corrected chi connectivity index (χ2v) is 7.32. The molecular formula is C18H27N3O2. The van der Waals surface area contributed by atoms with Crippen LogP contribution in [0.5, 0.6) is 0 Å². The quantitative estimate of drug-likeness (QED) is 0.900. The summed E-state index contributed by atoms with van der Waals surface area (Å²) in [6, 6.07) is 9.35. The number of carbonyl (C=O) groups is 2. The standard InChI is InChI=1S/C18H27N3O2/c1-18(2,3)13-19-17(23)20-15-9-11-21(12-10-15)16(22)14-7-5-4-6-8-14/h4-8,15H,9-13H2,1-3H3,(H2,19,20,23). The van der Waals surface area contributed by atoms with Crippen LogP contribution in [-0.4, -0.2) is 42.5 Å². The maximum absolute atomic E-state index is 12.4. The third-order valence-corrected chi connectivity index (χ3v) is 3.92. The van der Waals surface area contributed by atoms with Crippen molar-refractivity contribution >= 4 is 11.9 Å². The Morgan fingerprint density at radius 3 is 2.30 bits per heavy atom. The number of rotatable bonds is 3. The lowest BCUT2D eigenvalue weighted by Gasteiger charge is -2.32. The Kier molecular flexibility index (Phi) is 5.64. The number of urea groups is 1. The first-order chi connectivity index (χ1) is 10.8. The summed E-state index contributed by atoms with van der Waals surface area (Å²) in [5.41, 5.74) is 0.796. The zero-order valence-electron chi connectivity index (χ0n) is 14.3. The monoisotopic (exact) mass is 317 g/mol. The molecule has 2 rings (SSSR count). The zero-order chi connectivity index (χ0) is 16.9. The Balaban J connectivity index is 1.76. The molecule has 5 heteroatoms. The lowest BCUT2D eigenvalue weighted by atomic mass is 9.97. The van der Waals surface area contributed by atoms with Crippen molar-refractivity contribution in [3.63, 3.8) is 0 Å². The molecule has 23 heavy (non-hydrogen) atoms. The lowest BCUT2D eigenvalue weighted by molar-refractivity contribution is 0.0708. The molecule has 2 N–H and O–H groups in total. The highest BCUT2D eigenvalue weighted by molar-refractivity contribution is 5.94. The van der Waals surface area contributed by atoms with Crippen LogP contribution in [0.25, 0.3) is 0 Å². The molecule has 1 fully saturated rings. The highest BCUT2D eigenvalue weighted by Gasteiger charge is 2.24. The van der Waals surface area contributed by atoms with E-state index in [1.807, 2.05) is 35.2 Å². The maximum atomic E-state index is 12.4. The molecule has 1 heterocycles. The summed E-state index contributed by atoms with van der Waals surface area (Å²) in [6.07, 6.45) is 1.59. The van der Waals surface area contributed by atoms with Crippen LogP contribution in [0.4, 0.5) is 4.79 Å². The van der Waals surface area contributed by atoms with Crippen LogP contribution < -0.4 is 10.6 Å². The second-order valence-electron chi connectivity index (χ2n) is 7.32. The van der Waals surface area contributed by atoms with E-state index in [1.54, 1.807) is 0 Å². The van der Waals surface area contributed by atoms with Crippen molar-refractivity contribution in [1.82, 2.24) is 15.5 Å². The molecule has 1 aliphatic rings. The molecule has 0 atom stereocenters. The fraction of sp³-hybridized carbons (Fsp3) is 0.556. The van der Waals surface area contributed by atoms with Gasteiger partial charge in [-0.3, -0.25) is 4.79 Å². The number of piperidine rings is 1. The molecular weight excluding hydrogens is 290 g/mol. The smallest absolute Gasteiger partial charge is 0.315 e. The summed E-state index contributed by atoms with van der Waals surface area (Å²) in [4.78, 5) is 26.1. The van der Waals surface area contributed by atoms with Crippen LogP contribution in [0.3, 0.4) is 0 Å². The highest BCUT2D eigenvalue weighted by Crippen LogP contribution is 2.14. The van der Waals surface area contributed by atoms with Crippen LogP contribution in [0.1, 0.15) is 44.0 Å². The van der Waals surface area contributed by atoms with Gasteiger partial charge in [0, 0.05) is 31.2 Å². The van der Waals surface area contributed by atoms with Crippen LogP contribution in [0.15, 0.2) is 30.3 Å². The molecule has 1 aliphatic heterocycles. The number of amides is 3. The third kappa shape index (κ3) is 5.58. The molecule has 0 aromatic heterocycles.